The van der Waals surface area contributed by atoms with Crippen LogP contribution in [0.1, 0.15) is 22.3 Å². The van der Waals surface area contributed by atoms with E-state index < -0.39 is 0 Å². The molecule has 1 aliphatic heterocycles. The molecule has 1 aromatic rings. The predicted octanol–water partition coefficient (Wildman–Crippen LogP) is 1.52. The van der Waals surface area contributed by atoms with Gasteiger partial charge in [0.15, 0.2) is 0 Å². The summed E-state index contributed by atoms with van der Waals surface area (Å²) in [5.74, 6) is 0. The second-order valence-corrected chi connectivity index (χ2v) is 3.20. The molecule has 0 bridgehead atoms. The monoisotopic (exact) mass is 164 g/mol. The molecule has 12 heavy (non-hydrogen) atoms. The zero-order chi connectivity index (χ0) is 8.55. The van der Waals surface area contributed by atoms with Crippen LogP contribution in [0.3, 0.4) is 0 Å². The van der Waals surface area contributed by atoms with Crippen LogP contribution < -0.4 is 0 Å². The molecule has 0 unspecified atom stereocenters. The van der Waals surface area contributed by atoms with Gasteiger partial charge in [0.05, 0.1) is 19.8 Å². The fourth-order valence-corrected chi connectivity index (χ4v) is 1.66. The minimum absolute atomic E-state index is 0.119. The summed E-state index contributed by atoms with van der Waals surface area (Å²) in [5.41, 5.74) is 4.75. The van der Waals surface area contributed by atoms with E-state index in [1.54, 1.807) is 0 Å². The minimum Gasteiger partial charge on any atom is -0.392 e. The molecule has 0 radical (unpaired) electrons. The molecular formula is C10H12O2. The van der Waals surface area contributed by atoms with Gasteiger partial charge in [-0.25, -0.2) is 0 Å². The third-order valence-corrected chi connectivity index (χ3v) is 2.31. The third-order valence-electron chi connectivity index (χ3n) is 2.31. The van der Waals surface area contributed by atoms with Crippen molar-refractivity contribution in [3.8, 4) is 0 Å². The smallest absolute Gasteiger partial charge is 0.0727 e. The Bertz CT molecular complexity index is 305. The number of aliphatic hydroxyl groups is 1. The van der Waals surface area contributed by atoms with Gasteiger partial charge in [-0.3, -0.25) is 0 Å². The van der Waals surface area contributed by atoms with Gasteiger partial charge in [-0.05, 0) is 29.2 Å². The van der Waals surface area contributed by atoms with Gasteiger partial charge < -0.3 is 9.84 Å². The molecule has 0 saturated heterocycles. The van der Waals surface area contributed by atoms with Gasteiger partial charge in [0, 0.05) is 0 Å². The van der Waals surface area contributed by atoms with Crippen molar-refractivity contribution in [1.29, 1.82) is 0 Å². The maximum Gasteiger partial charge on any atom is 0.0727 e. The van der Waals surface area contributed by atoms with E-state index in [0.717, 1.165) is 12.2 Å². The van der Waals surface area contributed by atoms with Crippen LogP contribution in [0.5, 0.6) is 0 Å². The molecule has 2 rings (SSSR count). The number of aliphatic hydroxyl groups excluding tert-OH is 1. The first kappa shape index (κ1) is 7.77. The number of hydrogen-bond donors (Lipinski definition) is 1. The molecule has 2 heteroatoms. The highest BCUT2D eigenvalue weighted by atomic mass is 16.5. The van der Waals surface area contributed by atoms with E-state index in [-0.39, 0.29) is 6.61 Å². The van der Waals surface area contributed by atoms with Crippen LogP contribution in [-0.4, -0.2) is 5.11 Å². The Labute approximate surface area is 71.8 Å². The van der Waals surface area contributed by atoms with E-state index in [1.165, 1.54) is 16.7 Å². The number of ether oxygens (including phenoxy) is 1. The molecule has 1 N–H and O–H groups in total. The van der Waals surface area contributed by atoms with Gasteiger partial charge in [0.1, 0.15) is 0 Å². The lowest BCUT2D eigenvalue weighted by atomic mass is 10.0. The Morgan fingerprint density at radius 3 is 3.00 bits per heavy atom. The summed E-state index contributed by atoms with van der Waals surface area (Å²) in [6, 6.07) is 4.04. The van der Waals surface area contributed by atoms with Gasteiger partial charge >= 0.3 is 0 Å². The highest BCUT2D eigenvalue weighted by Crippen LogP contribution is 2.24. The molecule has 1 aliphatic rings. The van der Waals surface area contributed by atoms with Crippen molar-refractivity contribution >= 4 is 0 Å². The number of hydrogen-bond acceptors (Lipinski definition) is 2. The first-order valence-corrected chi connectivity index (χ1v) is 4.11. The predicted molar refractivity (Wildman–Crippen MR) is 45.6 cm³/mol. The molecule has 0 spiro atoms. The fourth-order valence-electron chi connectivity index (χ4n) is 1.66. The van der Waals surface area contributed by atoms with Gasteiger partial charge in [-0.1, -0.05) is 12.1 Å². The summed E-state index contributed by atoms with van der Waals surface area (Å²) in [6.07, 6.45) is 0. The molecule has 64 valence electrons. The molecule has 2 nitrogen and oxygen atoms in total. The van der Waals surface area contributed by atoms with Crippen molar-refractivity contribution in [2.24, 2.45) is 0 Å². The Balaban J connectivity index is 2.51. The second-order valence-electron chi connectivity index (χ2n) is 3.20. The lowest BCUT2D eigenvalue weighted by molar-refractivity contribution is 0.134. The summed E-state index contributed by atoms with van der Waals surface area (Å²) in [6.45, 7) is 3.61. The second kappa shape index (κ2) is 2.88. The molecule has 0 fully saturated rings. The van der Waals surface area contributed by atoms with Gasteiger partial charge in [-0.2, -0.15) is 0 Å². The highest BCUT2D eigenvalue weighted by Gasteiger charge is 2.13. The average Bonchev–Trinajstić information content (AvgIpc) is 2.52. The molecule has 0 aromatic heterocycles. The summed E-state index contributed by atoms with van der Waals surface area (Å²) in [5, 5.41) is 8.95. The summed E-state index contributed by atoms with van der Waals surface area (Å²) < 4.78 is 5.31. The fraction of sp³-hybridized carbons (Fsp3) is 0.400. The van der Waals surface area contributed by atoms with E-state index >= 15 is 0 Å². The van der Waals surface area contributed by atoms with Crippen LogP contribution >= 0.6 is 0 Å². The Morgan fingerprint density at radius 1 is 1.42 bits per heavy atom. The molecule has 0 amide bonds. The largest absolute Gasteiger partial charge is 0.392 e. The third kappa shape index (κ3) is 1.13. The van der Waals surface area contributed by atoms with Crippen LogP contribution in [0.4, 0.5) is 0 Å². The highest BCUT2D eigenvalue weighted by molar-refractivity contribution is 5.39. The minimum atomic E-state index is 0.119. The molecular weight excluding hydrogens is 152 g/mol. The van der Waals surface area contributed by atoms with Crippen molar-refractivity contribution < 1.29 is 9.84 Å². The maximum atomic E-state index is 8.95. The first-order chi connectivity index (χ1) is 5.81. The van der Waals surface area contributed by atoms with Crippen molar-refractivity contribution in [2.75, 3.05) is 0 Å². The maximum absolute atomic E-state index is 8.95. The van der Waals surface area contributed by atoms with E-state index in [4.69, 9.17) is 9.84 Å². The Kier molecular flexibility index (Phi) is 1.87. The zero-order valence-electron chi connectivity index (χ0n) is 7.13. The zero-order valence-corrected chi connectivity index (χ0v) is 7.13. The normalized spacial score (nSPS) is 14.8. The van der Waals surface area contributed by atoms with E-state index in [0.29, 0.717) is 6.61 Å². The number of fused-ring (bicyclic) bond motifs is 1. The van der Waals surface area contributed by atoms with Crippen LogP contribution in [0, 0.1) is 6.92 Å². The quantitative estimate of drug-likeness (QED) is 0.681. The topological polar surface area (TPSA) is 29.5 Å². The van der Waals surface area contributed by atoms with Gasteiger partial charge in [0.2, 0.25) is 0 Å². The molecule has 0 saturated carbocycles. The molecule has 1 aromatic carbocycles. The molecule has 1 heterocycles. The van der Waals surface area contributed by atoms with Crippen LogP contribution in [0.25, 0.3) is 0 Å². The number of rotatable bonds is 1. The van der Waals surface area contributed by atoms with Crippen LogP contribution in [-0.2, 0) is 24.6 Å². The van der Waals surface area contributed by atoms with E-state index in [2.05, 4.69) is 6.92 Å². The lowest BCUT2D eigenvalue weighted by Gasteiger charge is -2.04. The van der Waals surface area contributed by atoms with Gasteiger partial charge in [0.25, 0.3) is 0 Å². The molecule has 0 aliphatic carbocycles. The number of benzene rings is 1. The van der Waals surface area contributed by atoms with Gasteiger partial charge in [-0.15, -0.1) is 0 Å². The number of aryl methyl sites for hydroxylation is 1. The summed E-state index contributed by atoms with van der Waals surface area (Å²) >= 11 is 0. The first-order valence-electron chi connectivity index (χ1n) is 4.11. The lowest BCUT2D eigenvalue weighted by Crippen LogP contribution is -1.92. The summed E-state index contributed by atoms with van der Waals surface area (Å²) in [4.78, 5) is 0. The molecule has 0 atom stereocenters. The summed E-state index contributed by atoms with van der Waals surface area (Å²) in [7, 11) is 0. The van der Waals surface area contributed by atoms with Crippen LogP contribution in [0.2, 0.25) is 0 Å². The van der Waals surface area contributed by atoms with E-state index in [9.17, 15) is 0 Å². The Morgan fingerprint density at radius 2 is 2.25 bits per heavy atom. The standard InChI is InChI=1S/C10H12O2/c1-7-2-8(4-11)3-9-5-12-6-10(7)9/h2-3,11H,4-6H2,1H3. The van der Waals surface area contributed by atoms with E-state index in [1.807, 2.05) is 12.1 Å². The average molecular weight is 164 g/mol. The van der Waals surface area contributed by atoms with Crippen molar-refractivity contribution in [2.45, 2.75) is 26.7 Å². The van der Waals surface area contributed by atoms with Crippen molar-refractivity contribution in [3.05, 3.63) is 34.4 Å². The Hall–Kier alpha value is -0.860. The van der Waals surface area contributed by atoms with Crippen molar-refractivity contribution in [3.63, 3.8) is 0 Å². The SMILES string of the molecule is Cc1cc(CO)cc2c1COC2. The van der Waals surface area contributed by atoms with Crippen molar-refractivity contribution in [1.82, 2.24) is 0 Å². The van der Waals surface area contributed by atoms with Crippen LogP contribution in [0.15, 0.2) is 12.1 Å².